The van der Waals surface area contributed by atoms with Crippen LogP contribution in [0.15, 0.2) is 54.7 Å². The number of nitrogens with zero attached hydrogens (tertiary/aromatic N) is 4. The molecule has 1 aliphatic heterocycles. The molecule has 1 aromatic heterocycles. The van der Waals surface area contributed by atoms with Gasteiger partial charge in [0.1, 0.15) is 18.6 Å². The van der Waals surface area contributed by atoms with E-state index in [0.717, 1.165) is 23.3 Å². The fraction of sp³-hybridized carbons (Fsp3) is 0.333. The Kier molecular flexibility index (Phi) is 7.38. The molecule has 34 heavy (non-hydrogen) atoms. The van der Waals surface area contributed by atoms with Crippen molar-refractivity contribution in [3.05, 3.63) is 81.5 Å². The van der Waals surface area contributed by atoms with Crippen molar-refractivity contribution in [3.63, 3.8) is 0 Å². The van der Waals surface area contributed by atoms with Crippen molar-refractivity contribution in [2.45, 2.75) is 19.5 Å². The number of hydrogen-bond donors (Lipinski definition) is 1. The van der Waals surface area contributed by atoms with Crippen LogP contribution in [0.3, 0.4) is 0 Å². The number of nitro groups is 1. The van der Waals surface area contributed by atoms with Crippen LogP contribution in [-0.2, 0) is 19.5 Å². The molecule has 10 nitrogen and oxygen atoms in total. The summed E-state index contributed by atoms with van der Waals surface area (Å²) in [6.07, 6.45) is 2.13. The number of imidazole rings is 1. The average molecular weight is 466 g/mol. The van der Waals surface area contributed by atoms with Gasteiger partial charge in [-0.3, -0.25) is 14.3 Å². The Balaban J connectivity index is 1.27. The summed E-state index contributed by atoms with van der Waals surface area (Å²) in [5, 5.41) is 13.9. The minimum atomic E-state index is -0.518. The van der Waals surface area contributed by atoms with Crippen molar-refractivity contribution in [1.82, 2.24) is 19.8 Å². The van der Waals surface area contributed by atoms with Crippen molar-refractivity contribution in [1.29, 1.82) is 0 Å². The topological polar surface area (TPSA) is 112 Å². The van der Waals surface area contributed by atoms with Gasteiger partial charge < -0.3 is 24.9 Å². The third-order valence-corrected chi connectivity index (χ3v) is 5.67. The Morgan fingerprint density at radius 2 is 2.00 bits per heavy atom. The van der Waals surface area contributed by atoms with Crippen LogP contribution >= 0.6 is 0 Å². The van der Waals surface area contributed by atoms with Gasteiger partial charge in [-0.15, -0.1) is 0 Å². The van der Waals surface area contributed by atoms with Gasteiger partial charge in [0.15, 0.2) is 0 Å². The van der Waals surface area contributed by atoms with E-state index in [0.29, 0.717) is 44.9 Å². The zero-order chi connectivity index (χ0) is 23.9. The Labute approximate surface area is 197 Å². The third kappa shape index (κ3) is 5.90. The van der Waals surface area contributed by atoms with Gasteiger partial charge in [-0.05, 0) is 46.7 Å². The fourth-order valence-electron chi connectivity index (χ4n) is 3.80. The molecule has 0 saturated carbocycles. The van der Waals surface area contributed by atoms with Crippen LogP contribution in [0.5, 0.6) is 11.8 Å². The first-order valence-corrected chi connectivity index (χ1v) is 11.1. The zero-order valence-electron chi connectivity index (χ0n) is 19.0. The molecule has 1 aliphatic rings. The van der Waals surface area contributed by atoms with Crippen molar-refractivity contribution in [2.75, 3.05) is 33.4 Å². The standard InChI is InChI=1S/C24H27N5O5/c1-33-21-4-2-3-18(15-21)9-10-25-23(30)20-7-5-19(6-8-20)16-27-11-12-28-17-22(29(31)32)26-24(28)34-14-13-27/h2-8,15,17H,9-14,16H2,1H3,(H,25,30). The number of aromatic nitrogens is 2. The molecule has 0 atom stereocenters. The maximum Gasteiger partial charge on any atom is 0.414 e. The number of hydrogen-bond acceptors (Lipinski definition) is 7. The fourth-order valence-corrected chi connectivity index (χ4v) is 3.80. The molecule has 178 valence electrons. The molecule has 3 aromatic rings. The lowest BCUT2D eigenvalue weighted by Crippen LogP contribution is -2.33. The van der Waals surface area contributed by atoms with Crippen LogP contribution in [0.25, 0.3) is 0 Å². The lowest BCUT2D eigenvalue weighted by atomic mass is 10.1. The maximum atomic E-state index is 12.5. The van der Waals surface area contributed by atoms with Crippen molar-refractivity contribution < 1.29 is 19.2 Å². The maximum absolute atomic E-state index is 12.5. The molecule has 10 heteroatoms. The number of carbonyl (C=O) groups excluding carboxylic acids is 1. The van der Waals surface area contributed by atoms with Gasteiger partial charge in [-0.25, -0.2) is 0 Å². The largest absolute Gasteiger partial charge is 0.497 e. The number of rotatable bonds is 8. The highest BCUT2D eigenvalue weighted by molar-refractivity contribution is 5.94. The molecule has 0 bridgehead atoms. The normalized spacial score (nSPS) is 13.8. The molecule has 0 spiro atoms. The van der Waals surface area contributed by atoms with E-state index in [2.05, 4.69) is 15.2 Å². The molecule has 2 aromatic carbocycles. The molecule has 2 heterocycles. The molecular formula is C24H27N5O5. The van der Waals surface area contributed by atoms with Gasteiger partial charge in [0.05, 0.1) is 7.11 Å². The molecule has 0 aliphatic carbocycles. The van der Waals surface area contributed by atoms with E-state index in [1.54, 1.807) is 11.7 Å². The molecule has 1 N–H and O–H groups in total. The number of benzene rings is 2. The molecule has 0 fully saturated rings. The van der Waals surface area contributed by atoms with Gasteiger partial charge in [0.25, 0.3) is 5.91 Å². The smallest absolute Gasteiger partial charge is 0.414 e. The summed E-state index contributed by atoms with van der Waals surface area (Å²) in [4.78, 5) is 29.0. The minimum Gasteiger partial charge on any atom is -0.497 e. The molecule has 4 rings (SSSR count). The number of fused-ring (bicyclic) bond motifs is 1. The monoisotopic (exact) mass is 465 g/mol. The summed E-state index contributed by atoms with van der Waals surface area (Å²) in [6.45, 7) is 3.54. The Morgan fingerprint density at radius 1 is 1.18 bits per heavy atom. The van der Waals surface area contributed by atoms with E-state index in [1.807, 2.05) is 48.5 Å². The van der Waals surface area contributed by atoms with Crippen LogP contribution in [0, 0.1) is 10.1 Å². The second-order valence-corrected chi connectivity index (χ2v) is 8.01. The summed E-state index contributed by atoms with van der Waals surface area (Å²) in [7, 11) is 1.63. The second kappa shape index (κ2) is 10.8. The van der Waals surface area contributed by atoms with Crippen LogP contribution in [0.4, 0.5) is 5.82 Å². The van der Waals surface area contributed by atoms with Gasteiger partial charge >= 0.3 is 11.8 Å². The van der Waals surface area contributed by atoms with Crippen LogP contribution < -0.4 is 14.8 Å². The van der Waals surface area contributed by atoms with Crippen molar-refractivity contribution in [3.8, 4) is 11.8 Å². The summed E-state index contributed by atoms with van der Waals surface area (Å²) in [5.41, 5.74) is 2.79. The molecular weight excluding hydrogens is 438 g/mol. The number of ether oxygens (including phenoxy) is 2. The predicted octanol–water partition coefficient (Wildman–Crippen LogP) is 2.67. The lowest BCUT2D eigenvalue weighted by Gasteiger charge is -2.24. The van der Waals surface area contributed by atoms with Gasteiger partial charge in [-0.1, -0.05) is 24.3 Å². The summed E-state index contributed by atoms with van der Waals surface area (Å²) < 4.78 is 12.5. The van der Waals surface area contributed by atoms with Crippen molar-refractivity contribution in [2.24, 2.45) is 0 Å². The number of nitrogens with one attached hydrogen (secondary N) is 1. The van der Waals surface area contributed by atoms with E-state index in [-0.39, 0.29) is 17.7 Å². The van der Waals surface area contributed by atoms with Gasteiger partial charge in [0, 0.05) is 43.3 Å². The molecule has 1 amide bonds. The van der Waals surface area contributed by atoms with Crippen LogP contribution in [-0.4, -0.2) is 58.6 Å². The van der Waals surface area contributed by atoms with E-state index in [4.69, 9.17) is 9.47 Å². The molecule has 0 saturated heterocycles. The minimum absolute atomic E-state index is 0.108. The van der Waals surface area contributed by atoms with Crippen LogP contribution in [0.2, 0.25) is 0 Å². The van der Waals surface area contributed by atoms with E-state index < -0.39 is 4.92 Å². The molecule has 0 radical (unpaired) electrons. The first-order chi connectivity index (χ1) is 16.5. The number of carbonyl (C=O) groups is 1. The Morgan fingerprint density at radius 3 is 2.76 bits per heavy atom. The predicted molar refractivity (Wildman–Crippen MR) is 125 cm³/mol. The molecule has 0 unspecified atom stereocenters. The number of amides is 1. The zero-order valence-corrected chi connectivity index (χ0v) is 19.0. The van der Waals surface area contributed by atoms with E-state index >= 15 is 0 Å². The highest BCUT2D eigenvalue weighted by atomic mass is 16.6. The quantitative estimate of drug-likeness (QED) is 0.402. The summed E-state index contributed by atoms with van der Waals surface area (Å²) in [5.74, 6) is 0.488. The highest BCUT2D eigenvalue weighted by Crippen LogP contribution is 2.19. The first-order valence-electron chi connectivity index (χ1n) is 11.1. The van der Waals surface area contributed by atoms with E-state index in [1.165, 1.54) is 6.20 Å². The second-order valence-electron chi connectivity index (χ2n) is 8.01. The van der Waals surface area contributed by atoms with Crippen LogP contribution in [0.1, 0.15) is 21.5 Å². The Hall–Kier alpha value is -3.92. The summed E-state index contributed by atoms with van der Waals surface area (Å²) >= 11 is 0. The Bertz CT molecular complexity index is 1140. The van der Waals surface area contributed by atoms with Gasteiger partial charge in [0.2, 0.25) is 0 Å². The van der Waals surface area contributed by atoms with E-state index in [9.17, 15) is 14.9 Å². The average Bonchev–Trinajstić information content (AvgIpc) is 3.24. The third-order valence-electron chi connectivity index (χ3n) is 5.67. The van der Waals surface area contributed by atoms with Crippen molar-refractivity contribution >= 4 is 11.7 Å². The SMILES string of the molecule is COc1cccc(CCNC(=O)c2ccc(CN3CCOc4nc([N+](=O)[O-])cn4CC3)cc2)c1. The lowest BCUT2D eigenvalue weighted by molar-refractivity contribution is -0.389. The highest BCUT2D eigenvalue weighted by Gasteiger charge is 2.22. The number of methoxy groups -OCH3 is 1. The van der Waals surface area contributed by atoms with Gasteiger partial charge in [-0.2, -0.15) is 0 Å². The summed E-state index contributed by atoms with van der Waals surface area (Å²) in [6, 6.07) is 15.6. The first kappa shape index (κ1) is 23.2.